The van der Waals surface area contributed by atoms with Gasteiger partial charge in [0.15, 0.2) is 0 Å². The SMILES string of the molecule is CC1CCN(C(=S)Oc2ccc(C(=O)Nc3ccc4ccccc4c3)cc2)CC1. The molecule has 0 aromatic heterocycles. The number of carbonyl (C=O) groups is 1. The van der Waals surface area contributed by atoms with Crippen molar-refractivity contribution in [1.29, 1.82) is 0 Å². The average Bonchev–Trinajstić information content (AvgIpc) is 2.74. The van der Waals surface area contributed by atoms with Crippen LogP contribution in [0.2, 0.25) is 0 Å². The Morgan fingerprint density at radius 3 is 2.41 bits per heavy atom. The van der Waals surface area contributed by atoms with E-state index in [9.17, 15) is 4.79 Å². The molecule has 1 amide bonds. The molecule has 1 saturated heterocycles. The van der Waals surface area contributed by atoms with Crippen LogP contribution in [-0.2, 0) is 0 Å². The largest absolute Gasteiger partial charge is 0.432 e. The number of thiocarbonyl (C=S) groups is 1. The Morgan fingerprint density at radius 2 is 1.69 bits per heavy atom. The number of amides is 1. The normalized spacial score (nSPS) is 14.6. The first-order chi connectivity index (χ1) is 14.1. The van der Waals surface area contributed by atoms with Crippen molar-refractivity contribution < 1.29 is 9.53 Å². The Kier molecular flexibility index (Phi) is 5.76. The van der Waals surface area contributed by atoms with E-state index in [-0.39, 0.29) is 5.91 Å². The number of nitrogens with one attached hydrogen (secondary N) is 1. The summed E-state index contributed by atoms with van der Waals surface area (Å²) in [5, 5.41) is 5.69. The maximum Gasteiger partial charge on any atom is 0.264 e. The van der Waals surface area contributed by atoms with Crippen molar-refractivity contribution in [2.24, 2.45) is 5.92 Å². The molecule has 0 bridgehead atoms. The van der Waals surface area contributed by atoms with Gasteiger partial charge in [0.2, 0.25) is 0 Å². The number of rotatable bonds is 3. The molecular weight excluding hydrogens is 380 g/mol. The van der Waals surface area contributed by atoms with Crippen molar-refractivity contribution in [1.82, 2.24) is 4.90 Å². The lowest BCUT2D eigenvalue weighted by Crippen LogP contribution is -2.39. The van der Waals surface area contributed by atoms with E-state index in [1.807, 2.05) is 36.4 Å². The van der Waals surface area contributed by atoms with Crippen LogP contribution in [0.5, 0.6) is 5.75 Å². The molecule has 1 aliphatic heterocycles. The first kappa shape index (κ1) is 19.4. The molecule has 148 valence electrons. The molecule has 29 heavy (non-hydrogen) atoms. The van der Waals surface area contributed by atoms with Crippen molar-refractivity contribution in [3.05, 3.63) is 72.3 Å². The number of carbonyl (C=O) groups excluding carboxylic acids is 1. The van der Waals surface area contributed by atoms with Gasteiger partial charge in [-0.25, -0.2) is 0 Å². The minimum atomic E-state index is -0.153. The standard InChI is InChI=1S/C24H24N2O2S/c1-17-12-14-26(15-13-17)24(29)28-22-10-7-19(8-11-22)23(27)25-21-9-6-18-4-2-3-5-20(18)16-21/h2-11,16-17H,12-15H2,1H3,(H,25,27). The molecule has 4 rings (SSSR count). The lowest BCUT2D eigenvalue weighted by atomic mass is 10.00. The monoisotopic (exact) mass is 404 g/mol. The van der Waals surface area contributed by atoms with Crippen molar-refractivity contribution in [3.8, 4) is 5.75 Å². The topological polar surface area (TPSA) is 41.6 Å². The van der Waals surface area contributed by atoms with Crippen LogP contribution in [0.15, 0.2) is 66.7 Å². The molecule has 3 aromatic carbocycles. The fourth-order valence-electron chi connectivity index (χ4n) is 3.50. The second-order valence-electron chi connectivity index (χ2n) is 7.58. The van der Waals surface area contributed by atoms with E-state index in [1.54, 1.807) is 24.3 Å². The Bertz CT molecular complexity index is 1020. The minimum absolute atomic E-state index is 0.153. The van der Waals surface area contributed by atoms with E-state index in [2.05, 4.69) is 23.2 Å². The van der Waals surface area contributed by atoms with Crippen LogP contribution in [0.3, 0.4) is 0 Å². The fourth-order valence-corrected chi connectivity index (χ4v) is 3.78. The van der Waals surface area contributed by atoms with Crippen LogP contribution in [0.1, 0.15) is 30.1 Å². The number of piperidine rings is 1. The van der Waals surface area contributed by atoms with Crippen LogP contribution >= 0.6 is 12.2 Å². The molecular formula is C24H24N2O2S. The highest BCUT2D eigenvalue weighted by Gasteiger charge is 2.19. The van der Waals surface area contributed by atoms with Gasteiger partial charge >= 0.3 is 0 Å². The molecule has 1 N–H and O–H groups in total. The van der Waals surface area contributed by atoms with Gasteiger partial charge in [0.1, 0.15) is 5.75 Å². The molecule has 1 heterocycles. The summed E-state index contributed by atoms with van der Waals surface area (Å²) >= 11 is 5.43. The number of hydrogen-bond donors (Lipinski definition) is 1. The summed E-state index contributed by atoms with van der Waals surface area (Å²) in [7, 11) is 0. The number of anilines is 1. The van der Waals surface area contributed by atoms with E-state index in [0.717, 1.165) is 48.3 Å². The molecule has 0 saturated carbocycles. The quantitative estimate of drug-likeness (QED) is 0.586. The van der Waals surface area contributed by atoms with E-state index in [1.165, 1.54) is 0 Å². The molecule has 1 fully saturated rings. The first-order valence-electron chi connectivity index (χ1n) is 9.95. The Morgan fingerprint density at radius 1 is 1.00 bits per heavy atom. The number of nitrogens with zero attached hydrogens (tertiary/aromatic N) is 1. The maximum absolute atomic E-state index is 12.6. The maximum atomic E-state index is 12.6. The van der Waals surface area contributed by atoms with Crippen molar-refractivity contribution in [2.45, 2.75) is 19.8 Å². The van der Waals surface area contributed by atoms with Gasteiger partial charge in [0.25, 0.3) is 11.1 Å². The number of ether oxygens (including phenoxy) is 1. The molecule has 1 aliphatic rings. The van der Waals surface area contributed by atoms with Crippen molar-refractivity contribution in [3.63, 3.8) is 0 Å². The van der Waals surface area contributed by atoms with E-state index in [4.69, 9.17) is 17.0 Å². The van der Waals surface area contributed by atoms with Gasteiger partial charge in [-0.2, -0.15) is 0 Å². The van der Waals surface area contributed by atoms with Gasteiger partial charge in [0, 0.05) is 24.3 Å². The number of hydrogen-bond acceptors (Lipinski definition) is 3. The van der Waals surface area contributed by atoms with Gasteiger partial charge in [0.05, 0.1) is 0 Å². The molecule has 0 radical (unpaired) electrons. The molecule has 0 unspecified atom stereocenters. The van der Waals surface area contributed by atoms with Crippen LogP contribution in [-0.4, -0.2) is 29.1 Å². The number of benzene rings is 3. The summed E-state index contributed by atoms with van der Waals surface area (Å²) in [6.45, 7) is 4.14. The van der Waals surface area contributed by atoms with Gasteiger partial charge in [-0.15, -0.1) is 0 Å². The van der Waals surface area contributed by atoms with E-state index in [0.29, 0.717) is 16.5 Å². The van der Waals surface area contributed by atoms with Crippen LogP contribution in [0.25, 0.3) is 10.8 Å². The Labute approximate surface area is 176 Å². The summed E-state index contributed by atoms with van der Waals surface area (Å²) in [4.78, 5) is 14.7. The summed E-state index contributed by atoms with van der Waals surface area (Å²) in [6, 6.07) is 21.0. The van der Waals surface area contributed by atoms with Crippen LogP contribution < -0.4 is 10.1 Å². The van der Waals surface area contributed by atoms with Crippen molar-refractivity contribution in [2.75, 3.05) is 18.4 Å². The molecule has 5 heteroatoms. The summed E-state index contributed by atoms with van der Waals surface area (Å²) in [5.41, 5.74) is 1.35. The lowest BCUT2D eigenvalue weighted by Gasteiger charge is -2.31. The predicted octanol–water partition coefficient (Wildman–Crippen LogP) is 5.49. The number of likely N-dealkylation sites (tertiary alicyclic amines) is 1. The summed E-state index contributed by atoms with van der Waals surface area (Å²) in [5.74, 6) is 1.24. The molecule has 0 spiro atoms. The highest BCUT2D eigenvalue weighted by Crippen LogP contribution is 2.21. The molecule has 0 aliphatic carbocycles. The zero-order chi connectivity index (χ0) is 20.2. The second kappa shape index (κ2) is 8.62. The predicted molar refractivity (Wildman–Crippen MR) is 122 cm³/mol. The average molecular weight is 405 g/mol. The van der Waals surface area contributed by atoms with Gasteiger partial charge < -0.3 is 15.0 Å². The van der Waals surface area contributed by atoms with Crippen LogP contribution in [0.4, 0.5) is 5.69 Å². The smallest absolute Gasteiger partial charge is 0.264 e. The third-order valence-corrected chi connectivity index (χ3v) is 5.71. The molecule has 4 nitrogen and oxygen atoms in total. The zero-order valence-electron chi connectivity index (χ0n) is 16.4. The van der Waals surface area contributed by atoms with Gasteiger partial charge in [-0.05, 0) is 78.1 Å². The van der Waals surface area contributed by atoms with E-state index < -0.39 is 0 Å². The highest BCUT2D eigenvalue weighted by atomic mass is 32.1. The fraction of sp³-hybridized carbons (Fsp3) is 0.250. The minimum Gasteiger partial charge on any atom is -0.432 e. The second-order valence-corrected chi connectivity index (χ2v) is 7.93. The van der Waals surface area contributed by atoms with Gasteiger partial charge in [-0.3, -0.25) is 4.79 Å². The molecule has 0 atom stereocenters. The Balaban J connectivity index is 1.37. The third kappa shape index (κ3) is 4.74. The first-order valence-corrected chi connectivity index (χ1v) is 10.4. The van der Waals surface area contributed by atoms with Gasteiger partial charge in [-0.1, -0.05) is 37.3 Å². The third-order valence-electron chi connectivity index (χ3n) is 5.37. The van der Waals surface area contributed by atoms with Crippen LogP contribution in [0, 0.1) is 5.92 Å². The van der Waals surface area contributed by atoms with E-state index >= 15 is 0 Å². The molecule has 3 aromatic rings. The Hall–Kier alpha value is -2.92. The number of fused-ring (bicyclic) bond motifs is 1. The highest BCUT2D eigenvalue weighted by molar-refractivity contribution is 7.80. The summed E-state index contributed by atoms with van der Waals surface area (Å²) < 4.78 is 5.82. The summed E-state index contributed by atoms with van der Waals surface area (Å²) in [6.07, 6.45) is 2.27. The zero-order valence-corrected chi connectivity index (χ0v) is 17.2. The van der Waals surface area contributed by atoms with Crippen molar-refractivity contribution >= 4 is 39.8 Å². The lowest BCUT2D eigenvalue weighted by molar-refractivity contribution is 0.102.